The topological polar surface area (TPSA) is 69.6 Å². The Morgan fingerprint density at radius 3 is 1.06 bits per heavy atom. The van der Waals surface area contributed by atoms with Gasteiger partial charge in [-0.3, -0.25) is 4.79 Å². The Hall–Kier alpha value is -1.13. The number of aliphatic hydroxyl groups excluding tert-OH is 2. The van der Waals surface area contributed by atoms with Crippen LogP contribution in [0.25, 0.3) is 0 Å². The molecule has 0 heterocycles. The molecule has 52 heavy (non-hydrogen) atoms. The zero-order chi connectivity index (χ0) is 37.8. The first-order valence-corrected chi connectivity index (χ1v) is 23.6. The van der Waals surface area contributed by atoms with E-state index in [1.807, 2.05) is 6.08 Å². The van der Waals surface area contributed by atoms with Gasteiger partial charge >= 0.3 is 0 Å². The van der Waals surface area contributed by atoms with Crippen LogP contribution in [0.3, 0.4) is 0 Å². The Bertz CT molecular complexity index is 750. The Balaban J connectivity index is 3.34. The molecule has 0 saturated carbocycles. The Morgan fingerprint density at radius 2 is 0.731 bits per heavy atom. The second kappa shape index (κ2) is 44.3. The molecule has 0 rings (SSSR count). The standard InChI is InChI=1S/C48H93NO3/c1-3-5-7-9-11-12-13-14-15-16-17-18-19-20-21-22-23-24-25-26-27-28-29-30-31-32-33-34-35-36-38-40-42-44-48(52)49-46(45-50)47(51)43-41-39-37-10-8-6-4-2/h16-17,41,43,46-47,50-51H,3-15,18-40,42,44-45H2,1-2H3,(H,49,52)/b17-16-,43-41+. The first kappa shape index (κ1) is 50.9. The summed E-state index contributed by atoms with van der Waals surface area (Å²) in [4.78, 5) is 12.3. The van der Waals surface area contributed by atoms with Crippen molar-refractivity contribution in [1.82, 2.24) is 5.32 Å². The van der Waals surface area contributed by atoms with Gasteiger partial charge in [-0.1, -0.05) is 231 Å². The molecule has 0 aromatic rings. The number of hydrogen-bond donors (Lipinski definition) is 3. The van der Waals surface area contributed by atoms with Crippen LogP contribution in [-0.2, 0) is 4.79 Å². The Kier molecular flexibility index (Phi) is 43.3. The van der Waals surface area contributed by atoms with Crippen molar-refractivity contribution in [1.29, 1.82) is 0 Å². The van der Waals surface area contributed by atoms with Gasteiger partial charge in [-0.25, -0.2) is 0 Å². The summed E-state index contributed by atoms with van der Waals surface area (Å²) in [6.07, 6.45) is 57.7. The molecule has 2 atom stereocenters. The van der Waals surface area contributed by atoms with E-state index in [1.54, 1.807) is 6.08 Å². The number of rotatable bonds is 43. The third kappa shape index (κ3) is 40.1. The minimum absolute atomic E-state index is 0.0647. The maximum atomic E-state index is 12.3. The van der Waals surface area contributed by atoms with Crippen molar-refractivity contribution < 1.29 is 15.0 Å². The van der Waals surface area contributed by atoms with Gasteiger partial charge in [-0.15, -0.1) is 0 Å². The molecule has 0 aromatic heterocycles. The maximum absolute atomic E-state index is 12.3. The number of carbonyl (C=O) groups is 1. The van der Waals surface area contributed by atoms with E-state index in [0.717, 1.165) is 25.7 Å². The predicted octanol–water partition coefficient (Wildman–Crippen LogP) is 14.8. The first-order chi connectivity index (χ1) is 25.7. The number of aliphatic hydroxyl groups is 2. The van der Waals surface area contributed by atoms with Crippen molar-refractivity contribution in [2.24, 2.45) is 0 Å². The van der Waals surface area contributed by atoms with Crippen LogP contribution in [0.15, 0.2) is 24.3 Å². The highest BCUT2D eigenvalue weighted by molar-refractivity contribution is 5.76. The lowest BCUT2D eigenvalue weighted by Gasteiger charge is -2.20. The van der Waals surface area contributed by atoms with Crippen molar-refractivity contribution in [2.45, 2.75) is 270 Å². The Morgan fingerprint density at radius 1 is 0.442 bits per heavy atom. The van der Waals surface area contributed by atoms with E-state index in [0.29, 0.717) is 6.42 Å². The number of hydrogen-bond acceptors (Lipinski definition) is 3. The zero-order valence-electron chi connectivity index (χ0n) is 35.3. The second-order valence-corrected chi connectivity index (χ2v) is 16.2. The lowest BCUT2D eigenvalue weighted by atomic mass is 10.0. The van der Waals surface area contributed by atoms with E-state index in [-0.39, 0.29) is 12.5 Å². The quantitative estimate of drug-likeness (QED) is 0.0432. The van der Waals surface area contributed by atoms with Crippen molar-refractivity contribution in [3.8, 4) is 0 Å². The van der Waals surface area contributed by atoms with Crippen LogP contribution in [0.1, 0.15) is 258 Å². The fourth-order valence-electron chi connectivity index (χ4n) is 7.29. The molecule has 0 aliphatic heterocycles. The van der Waals surface area contributed by atoms with E-state index in [4.69, 9.17) is 0 Å². The van der Waals surface area contributed by atoms with E-state index < -0.39 is 12.1 Å². The van der Waals surface area contributed by atoms with Gasteiger partial charge in [0, 0.05) is 6.42 Å². The third-order valence-electron chi connectivity index (χ3n) is 10.9. The van der Waals surface area contributed by atoms with E-state index in [2.05, 4.69) is 31.3 Å². The molecule has 308 valence electrons. The monoisotopic (exact) mass is 732 g/mol. The summed E-state index contributed by atoms with van der Waals surface area (Å²) < 4.78 is 0. The number of amides is 1. The molecule has 0 fully saturated rings. The highest BCUT2D eigenvalue weighted by Gasteiger charge is 2.17. The van der Waals surface area contributed by atoms with Crippen LogP contribution in [0.2, 0.25) is 0 Å². The van der Waals surface area contributed by atoms with Gasteiger partial charge in [0.25, 0.3) is 0 Å². The zero-order valence-corrected chi connectivity index (χ0v) is 35.3. The van der Waals surface area contributed by atoms with Crippen molar-refractivity contribution in [2.75, 3.05) is 6.61 Å². The molecule has 2 unspecified atom stereocenters. The summed E-state index contributed by atoms with van der Waals surface area (Å²) in [5, 5.41) is 22.8. The number of unbranched alkanes of at least 4 members (excludes halogenated alkanes) is 34. The molecule has 3 N–H and O–H groups in total. The normalized spacial score (nSPS) is 13.1. The summed E-state index contributed by atoms with van der Waals surface area (Å²) in [6, 6.07) is -0.615. The van der Waals surface area contributed by atoms with Gasteiger partial charge in [0.2, 0.25) is 5.91 Å². The average Bonchev–Trinajstić information content (AvgIpc) is 3.15. The molecule has 0 aliphatic carbocycles. The predicted molar refractivity (Wildman–Crippen MR) is 230 cm³/mol. The highest BCUT2D eigenvalue weighted by atomic mass is 16.3. The second-order valence-electron chi connectivity index (χ2n) is 16.2. The van der Waals surface area contributed by atoms with Gasteiger partial charge in [0.05, 0.1) is 18.8 Å². The molecule has 0 radical (unpaired) electrons. The smallest absolute Gasteiger partial charge is 0.220 e. The fraction of sp³-hybridized carbons (Fsp3) is 0.896. The van der Waals surface area contributed by atoms with Crippen LogP contribution in [0.5, 0.6) is 0 Å². The molecule has 0 saturated heterocycles. The molecule has 0 bridgehead atoms. The molecule has 1 amide bonds. The van der Waals surface area contributed by atoms with Crippen molar-refractivity contribution >= 4 is 5.91 Å². The lowest BCUT2D eigenvalue weighted by molar-refractivity contribution is -0.123. The number of carbonyl (C=O) groups excluding carboxylic acids is 1. The van der Waals surface area contributed by atoms with Gasteiger partial charge in [-0.05, 0) is 44.9 Å². The third-order valence-corrected chi connectivity index (χ3v) is 10.9. The van der Waals surface area contributed by atoms with Crippen LogP contribution >= 0.6 is 0 Å². The SMILES string of the molecule is CCCCCCC/C=C/C(O)C(CO)NC(=O)CCCCCCCCCCCCCCCCCCCCCCC/C=C\CCCCCCCCCC. The Labute approximate surface area is 326 Å². The molecule has 0 aliphatic rings. The molecule has 4 nitrogen and oxygen atoms in total. The van der Waals surface area contributed by atoms with Gasteiger partial charge in [0.1, 0.15) is 0 Å². The fourth-order valence-corrected chi connectivity index (χ4v) is 7.29. The van der Waals surface area contributed by atoms with Crippen LogP contribution in [0, 0.1) is 0 Å². The van der Waals surface area contributed by atoms with E-state index >= 15 is 0 Å². The van der Waals surface area contributed by atoms with Crippen LogP contribution in [0.4, 0.5) is 0 Å². The van der Waals surface area contributed by atoms with E-state index in [9.17, 15) is 15.0 Å². The van der Waals surface area contributed by atoms with Gasteiger partial charge in [0.15, 0.2) is 0 Å². The summed E-state index contributed by atoms with van der Waals surface area (Å²) in [5.41, 5.74) is 0. The lowest BCUT2D eigenvalue weighted by Crippen LogP contribution is -2.45. The van der Waals surface area contributed by atoms with Crippen LogP contribution < -0.4 is 5.32 Å². The summed E-state index contributed by atoms with van der Waals surface area (Å²) in [6.45, 7) is 4.26. The summed E-state index contributed by atoms with van der Waals surface area (Å²) >= 11 is 0. The van der Waals surface area contributed by atoms with Gasteiger partial charge < -0.3 is 15.5 Å². The molecular weight excluding hydrogens is 639 g/mol. The first-order valence-electron chi connectivity index (χ1n) is 23.6. The largest absolute Gasteiger partial charge is 0.394 e. The average molecular weight is 732 g/mol. The minimum Gasteiger partial charge on any atom is -0.394 e. The summed E-state index contributed by atoms with van der Waals surface area (Å²) in [5.74, 6) is -0.0647. The van der Waals surface area contributed by atoms with Crippen molar-refractivity contribution in [3.05, 3.63) is 24.3 Å². The number of allylic oxidation sites excluding steroid dienone is 3. The molecule has 0 spiro atoms. The number of nitrogens with one attached hydrogen (secondary N) is 1. The van der Waals surface area contributed by atoms with E-state index in [1.165, 1.54) is 212 Å². The molecule has 0 aromatic carbocycles. The molecular formula is C48H93NO3. The summed E-state index contributed by atoms with van der Waals surface area (Å²) in [7, 11) is 0. The minimum atomic E-state index is -0.832. The maximum Gasteiger partial charge on any atom is 0.220 e. The van der Waals surface area contributed by atoms with Crippen LogP contribution in [-0.4, -0.2) is 34.9 Å². The van der Waals surface area contributed by atoms with Gasteiger partial charge in [-0.2, -0.15) is 0 Å². The van der Waals surface area contributed by atoms with Crippen molar-refractivity contribution in [3.63, 3.8) is 0 Å². The highest BCUT2D eigenvalue weighted by Crippen LogP contribution is 2.16. The molecule has 4 heteroatoms.